The van der Waals surface area contributed by atoms with Crippen LogP contribution in [0.4, 0.5) is 17.1 Å². The Morgan fingerprint density at radius 1 is 0.381 bits per heavy atom. The van der Waals surface area contributed by atoms with Crippen molar-refractivity contribution in [1.29, 1.82) is 0 Å². The molecule has 300 valence electrons. The van der Waals surface area contributed by atoms with Crippen molar-refractivity contribution in [2.75, 3.05) is 4.90 Å². The van der Waals surface area contributed by atoms with Crippen LogP contribution in [0.15, 0.2) is 194 Å². The Bertz CT molecular complexity index is 3680. The topological polar surface area (TPSA) is 8.17 Å². The summed E-state index contributed by atoms with van der Waals surface area (Å²) in [6, 6.07) is 72.7. The minimum absolute atomic E-state index is 0.109. The number of para-hydroxylation sites is 1. The first-order valence-corrected chi connectivity index (χ1v) is 22.9. The van der Waals surface area contributed by atoms with Gasteiger partial charge in [-0.2, -0.15) is 0 Å². The first kappa shape index (κ1) is 36.5. The summed E-state index contributed by atoms with van der Waals surface area (Å²) in [4.78, 5) is 2.47. The van der Waals surface area contributed by atoms with E-state index in [1.165, 1.54) is 97.6 Å². The number of nitrogens with zero attached hydrogens (tertiary/aromatic N) is 2. The summed E-state index contributed by atoms with van der Waals surface area (Å²) in [5, 5.41) is 5.16. The Morgan fingerprint density at radius 3 is 1.73 bits per heavy atom. The van der Waals surface area contributed by atoms with Gasteiger partial charge in [0.05, 0.1) is 11.0 Å². The van der Waals surface area contributed by atoms with E-state index in [4.69, 9.17) is 0 Å². The summed E-state index contributed by atoms with van der Waals surface area (Å²) in [7, 11) is 0. The lowest BCUT2D eigenvalue weighted by Crippen LogP contribution is -2.16. The van der Waals surface area contributed by atoms with Gasteiger partial charge in [0.1, 0.15) is 0 Å². The van der Waals surface area contributed by atoms with E-state index in [9.17, 15) is 0 Å². The minimum atomic E-state index is -0.127. The largest absolute Gasteiger partial charge is 0.310 e. The number of anilines is 3. The van der Waals surface area contributed by atoms with E-state index >= 15 is 0 Å². The average molecular weight is 825 g/mol. The van der Waals surface area contributed by atoms with E-state index in [1.54, 1.807) is 0 Å². The zero-order valence-corrected chi connectivity index (χ0v) is 36.6. The smallest absolute Gasteiger partial charge is 0.0547 e. The van der Waals surface area contributed by atoms with Gasteiger partial charge in [0, 0.05) is 64.5 Å². The van der Waals surface area contributed by atoms with Crippen LogP contribution in [0.5, 0.6) is 0 Å². The lowest BCUT2D eigenvalue weighted by molar-refractivity contribution is 0.660. The number of fused-ring (bicyclic) bond motifs is 12. The number of hydrogen-bond acceptors (Lipinski definition) is 2. The minimum Gasteiger partial charge on any atom is -0.310 e. The molecule has 0 saturated carbocycles. The fourth-order valence-electron chi connectivity index (χ4n) is 11.2. The van der Waals surface area contributed by atoms with Crippen molar-refractivity contribution in [2.45, 2.75) is 38.5 Å². The van der Waals surface area contributed by atoms with Crippen LogP contribution in [0, 0.1) is 0 Å². The average Bonchev–Trinajstić information content (AvgIpc) is 4.00. The highest BCUT2D eigenvalue weighted by atomic mass is 32.1. The SMILES string of the molecule is CC1(C)c2ccccc2-c2ccc(N(c3ccc(-c4cccc5c4sc4ccccc45)cc3)c3ccc4c(c3)c3cc5c(cc3n4-c3ccccc3)-c3ccccc3C5(C)C)cc21. The van der Waals surface area contributed by atoms with Gasteiger partial charge in [-0.3, -0.25) is 0 Å². The Hall–Kier alpha value is -7.20. The van der Waals surface area contributed by atoms with Crippen molar-refractivity contribution < 1.29 is 0 Å². The molecule has 9 aromatic carbocycles. The third-order valence-corrected chi connectivity index (χ3v) is 15.6. The van der Waals surface area contributed by atoms with E-state index in [2.05, 4.69) is 231 Å². The van der Waals surface area contributed by atoms with E-state index in [-0.39, 0.29) is 10.8 Å². The molecule has 0 amide bonds. The summed E-state index contributed by atoms with van der Waals surface area (Å²) in [5.74, 6) is 0. The standard InChI is InChI=1S/C60H44N2S/c1-59(2)51-22-11-8-17-43(51)45-31-29-41(34-53(45)59)61(39-27-25-37(26-28-39)42-20-14-21-47-46-19-10-13-24-57(46)63-58(42)47)40-30-32-55-49(33-40)50-35-54-48(44-18-9-12-23-52(44)60(54,3)4)36-56(50)62(55)38-15-6-5-7-16-38/h5-36H,1-4H3. The molecule has 0 bridgehead atoms. The maximum Gasteiger partial charge on any atom is 0.0547 e. The molecule has 0 aliphatic heterocycles. The van der Waals surface area contributed by atoms with Crippen LogP contribution in [0.25, 0.3) is 81.0 Å². The van der Waals surface area contributed by atoms with Gasteiger partial charge in [-0.25, -0.2) is 0 Å². The molecular weight excluding hydrogens is 781 g/mol. The summed E-state index contributed by atoms with van der Waals surface area (Å²) >= 11 is 1.89. The Labute approximate surface area is 371 Å². The summed E-state index contributed by atoms with van der Waals surface area (Å²) < 4.78 is 5.12. The van der Waals surface area contributed by atoms with Gasteiger partial charge in [0.2, 0.25) is 0 Å². The molecule has 2 aliphatic rings. The molecule has 0 N–H and O–H groups in total. The van der Waals surface area contributed by atoms with Crippen LogP contribution in [0.3, 0.4) is 0 Å². The van der Waals surface area contributed by atoms with E-state index in [0.29, 0.717) is 0 Å². The zero-order valence-electron chi connectivity index (χ0n) is 35.8. The predicted molar refractivity (Wildman–Crippen MR) is 269 cm³/mol. The highest BCUT2D eigenvalue weighted by Gasteiger charge is 2.37. The highest BCUT2D eigenvalue weighted by Crippen LogP contribution is 2.53. The quantitative estimate of drug-likeness (QED) is 0.168. The maximum atomic E-state index is 2.50. The molecule has 0 saturated heterocycles. The second kappa shape index (κ2) is 13.2. The Morgan fingerprint density at radius 2 is 0.952 bits per heavy atom. The van der Waals surface area contributed by atoms with Gasteiger partial charge in [-0.1, -0.05) is 149 Å². The molecule has 2 nitrogen and oxygen atoms in total. The summed E-state index contributed by atoms with van der Waals surface area (Å²) in [6.07, 6.45) is 0. The first-order chi connectivity index (χ1) is 30.8. The lowest BCUT2D eigenvalue weighted by atomic mass is 9.82. The van der Waals surface area contributed by atoms with E-state index in [0.717, 1.165) is 22.7 Å². The Balaban J connectivity index is 1.03. The molecule has 2 aliphatic carbocycles. The first-order valence-electron chi connectivity index (χ1n) is 22.1. The van der Waals surface area contributed by atoms with Crippen LogP contribution in [-0.2, 0) is 10.8 Å². The van der Waals surface area contributed by atoms with Crippen LogP contribution in [0.2, 0.25) is 0 Å². The number of benzene rings is 9. The van der Waals surface area contributed by atoms with Gasteiger partial charge < -0.3 is 9.47 Å². The van der Waals surface area contributed by atoms with Crippen LogP contribution in [-0.4, -0.2) is 4.57 Å². The van der Waals surface area contributed by atoms with Crippen molar-refractivity contribution in [3.05, 3.63) is 216 Å². The van der Waals surface area contributed by atoms with Crippen molar-refractivity contribution in [3.8, 4) is 39.1 Å². The van der Waals surface area contributed by atoms with Crippen molar-refractivity contribution in [2.24, 2.45) is 0 Å². The van der Waals surface area contributed by atoms with Crippen molar-refractivity contribution in [1.82, 2.24) is 4.57 Å². The molecule has 63 heavy (non-hydrogen) atoms. The lowest BCUT2D eigenvalue weighted by Gasteiger charge is -2.28. The van der Waals surface area contributed by atoms with Gasteiger partial charge >= 0.3 is 0 Å². The molecule has 3 heteroatoms. The molecule has 11 aromatic rings. The number of aromatic nitrogens is 1. The number of hydrogen-bond donors (Lipinski definition) is 0. The zero-order chi connectivity index (χ0) is 42.2. The van der Waals surface area contributed by atoms with Crippen molar-refractivity contribution >= 4 is 70.4 Å². The molecule has 0 atom stereocenters. The summed E-state index contributed by atoms with van der Waals surface area (Å²) in [6.45, 7) is 9.51. The third-order valence-electron chi connectivity index (χ3n) is 14.4. The molecule has 13 rings (SSSR count). The second-order valence-electron chi connectivity index (χ2n) is 18.5. The number of rotatable bonds is 5. The fourth-order valence-corrected chi connectivity index (χ4v) is 12.5. The molecule has 0 fully saturated rings. The predicted octanol–water partition coefficient (Wildman–Crippen LogP) is 16.9. The van der Waals surface area contributed by atoms with Crippen LogP contribution in [0.1, 0.15) is 49.9 Å². The van der Waals surface area contributed by atoms with Crippen molar-refractivity contribution in [3.63, 3.8) is 0 Å². The van der Waals surface area contributed by atoms with E-state index < -0.39 is 0 Å². The molecule has 0 spiro atoms. The normalized spacial score (nSPS) is 14.3. The third kappa shape index (κ3) is 5.18. The van der Waals surface area contributed by atoms with Gasteiger partial charge in [-0.05, 0) is 128 Å². The monoisotopic (exact) mass is 824 g/mol. The number of thiophene rings is 1. The molecule has 2 aromatic heterocycles. The highest BCUT2D eigenvalue weighted by molar-refractivity contribution is 7.26. The van der Waals surface area contributed by atoms with Gasteiger partial charge in [0.25, 0.3) is 0 Å². The molecule has 0 unspecified atom stereocenters. The summed E-state index contributed by atoms with van der Waals surface area (Å²) in [5.41, 5.74) is 20.1. The van der Waals surface area contributed by atoms with Crippen LogP contribution < -0.4 is 4.90 Å². The van der Waals surface area contributed by atoms with Gasteiger partial charge in [0.15, 0.2) is 0 Å². The fraction of sp³-hybridized carbons (Fsp3) is 0.100. The maximum absolute atomic E-state index is 2.50. The van der Waals surface area contributed by atoms with Crippen LogP contribution >= 0.6 is 11.3 Å². The Kier molecular flexibility index (Phi) is 7.61. The molecular formula is C60H44N2S. The molecule has 0 radical (unpaired) electrons. The van der Waals surface area contributed by atoms with Gasteiger partial charge in [-0.15, -0.1) is 11.3 Å². The second-order valence-corrected chi connectivity index (χ2v) is 19.6. The molecule has 2 heterocycles. The van der Waals surface area contributed by atoms with E-state index in [1.807, 2.05) is 11.3 Å².